The summed E-state index contributed by atoms with van der Waals surface area (Å²) in [5, 5.41) is 24.7. The van der Waals surface area contributed by atoms with Gasteiger partial charge in [0.25, 0.3) is 0 Å². The van der Waals surface area contributed by atoms with E-state index in [1.54, 1.807) is 17.8 Å². The van der Waals surface area contributed by atoms with Gasteiger partial charge in [0.1, 0.15) is 0 Å². The van der Waals surface area contributed by atoms with Crippen molar-refractivity contribution in [3.63, 3.8) is 0 Å². The highest BCUT2D eigenvalue weighted by Crippen LogP contribution is 2.44. The van der Waals surface area contributed by atoms with Gasteiger partial charge in [0.15, 0.2) is 0 Å². The highest BCUT2D eigenvalue weighted by molar-refractivity contribution is 8.03. The molecule has 0 aliphatic carbocycles. The molecule has 0 aromatic heterocycles. The number of benzene rings is 2. The van der Waals surface area contributed by atoms with Gasteiger partial charge in [0.05, 0.1) is 39.9 Å². The molecule has 0 bridgehead atoms. The Kier molecular flexibility index (Phi) is 6.82. The molecule has 0 saturated heterocycles. The maximum absolute atomic E-state index is 10.0. The van der Waals surface area contributed by atoms with Crippen LogP contribution in [-0.2, 0) is 0 Å². The van der Waals surface area contributed by atoms with Crippen LogP contribution >= 0.6 is 23.4 Å². The Labute approximate surface area is 175 Å². The predicted molar refractivity (Wildman–Crippen MR) is 116 cm³/mol. The maximum Gasteiger partial charge on any atom is 0.0985 e. The molecule has 1 aliphatic heterocycles. The molecule has 0 saturated carbocycles. The summed E-state index contributed by atoms with van der Waals surface area (Å²) in [5.41, 5.74) is 3.50. The Morgan fingerprint density at radius 3 is 2.32 bits per heavy atom. The summed E-state index contributed by atoms with van der Waals surface area (Å²) >= 11 is 8.11. The number of dihydropyridines is 1. The number of nitriles is 2. The van der Waals surface area contributed by atoms with Crippen molar-refractivity contribution >= 4 is 29.1 Å². The van der Waals surface area contributed by atoms with Crippen molar-refractivity contribution in [2.45, 2.75) is 25.7 Å². The van der Waals surface area contributed by atoms with Gasteiger partial charge in [-0.25, -0.2) is 0 Å². The summed E-state index contributed by atoms with van der Waals surface area (Å²) in [5.74, 6) is 0.424. The lowest BCUT2D eigenvalue weighted by Gasteiger charge is -2.29. The average Bonchev–Trinajstić information content (AvgIpc) is 2.74. The average molecular weight is 406 g/mol. The summed E-state index contributed by atoms with van der Waals surface area (Å²) in [6.07, 6.45) is 2.14. The molecule has 0 amide bonds. The van der Waals surface area contributed by atoms with E-state index in [1.165, 1.54) is 0 Å². The van der Waals surface area contributed by atoms with Crippen LogP contribution in [-0.4, -0.2) is 5.75 Å². The second-order valence-corrected chi connectivity index (χ2v) is 7.92. The smallest absolute Gasteiger partial charge is 0.0985 e. The number of rotatable bonds is 6. The minimum Gasteiger partial charge on any atom is -0.348 e. The Morgan fingerprint density at radius 1 is 1.00 bits per heavy atom. The molecule has 1 heterocycles. The lowest BCUT2D eigenvalue weighted by Crippen LogP contribution is -2.24. The third-order valence-corrected chi connectivity index (χ3v) is 6.04. The normalized spacial score (nSPS) is 16.4. The van der Waals surface area contributed by atoms with Crippen LogP contribution in [0.25, 0.3) is 5.70 Å². The molecule has 0 fully saturated rings. The first-order valence-corrected chi connectivity index (χ1v) is 10.6. The number of halogens is 1. The lowest BCUT2D eigenvalue weighted by atomic mass is 9.82. The molecule has 1 atom stereocenters. The molecule has 0 radical (unpaired) electrons. The minimum absolute atomic E-state index is 0.482. The molecular formula is C23H20ClN3S. The fraction of sp³-hybridized carbons (Fsp3) is 0.217. The van der Waals surface area contributed by atoms with Gasteiger partial charge in [-0.2, -0.15) is 10.5 Å². The number of nitrogens with one attached hydrogen (secondary N) is 1. The van der Waals surface area contributed by atoms with E-state index in [-0.39, 0.29) is 0 Å². The molecule has 5 heteroatoms. The third-order valence-electron chi connectivity index (χ3n) is 4.59. The standard InChI is InChI=1S/C23H20ClN3S/c1-2-3-13-28-23-19(15-26)21(17-11-7-8-12-20(17)24)18(14-25)22(27-23)16-9-5-4-6-10-16/h4-12,21,27H,2-3,13H2,1H3. The van der Waals surface area contributed by atoms with Crippen LogP contribution in [0.15, 0.2) is 70.8 Å². The summed E-state index contributed by atoms with van der Waals surface area (Å²) in [6, 6.07) is 21.9. The molecule has 2 aromatic rings. The highest BCUT2D eigenvalue weighted by atomic mass is 35.5. The number of hydrogen-bond acceptors (Lipinski definition) is 4. The third kappa shape index (κ3) is 4.09. The first kappa shape index (κ1) is 20.1. The van der Waals surface area contributed by atoms with Crippen LogP contribution in [0.2, 0.25) is 5.02 Å². The molecule has 140 valence electrons. The topological polar surface area (TPSA) is 59.6 Å². The fourth-order valence-corrected chi connectivity index (χ4v) is 4.56. The van der Waals surface area contributed by atoms with E-state index < -0.39 is 5.92 Å². The van der Waals surface area contributed by atoms with Gasteiger partial charge in [-0.3, -0.25) is 0 Å². The monoisotopic (exact) mass is 405 g/mol. The van der Waals surface area contributed by atoms with Crippen molar-refractivity contribution in [3.8, 4) is 12.1 Å². The Bertz CT molecular complexity index is 996. The van der Waals surface area contributed by atoms with Gasteiger partial charge < -0.3 is 5.32 Å². The lowest BCUT2D eigenvalue weighted by molar-refractivity contribution is 0.891. The van der Waals surface area contributed by atoms with Crippen LogP contribution < -0.4 is 5.32 Å². The number of nitrogens with zero attached hydrogens (tertiary/aromatic N) is 2. The van der Waals surface area contributed by atoms with Crippen LogP contribution in [0.3, 0.4) is 0 Å². The number of hydrogen-bond donors (Lipinski definition) is 1. The zero-order chi connectivity index (χ0) is 19.9. The Hall–Kier alpha value is -2.66. The van der Waals surface area contributed by atoms with Gasteiger partial charge in [0.2, 0.25) is 0 Å². The van der Waals surface area contributed by atoms with E-state index >= 15 is 0 Å². The zero-order valence-electron chi connectivity index (χ0n) is 15.6. The summed E-state index contributed by atoms with van der Waals surface area (Å²) < 4.78 is 0. The molecule has 1 unspecified atom stereocenters. The molecule has 0 spiro atoms. The van der Waals surface area contributed by atoms with Crippen molar-refractivity contribution in [1.29, 1.82) is 10.5 Å². The minimum atomic E-state index is -0.482. The highest BCUT2D eigenvalue weighted by Gasteiger charge is 2.33. The van der Waals surface area contributed by atoms with Crippen LogP contribution in [0, 0.1) is 22.7 Å². The van der Waals surface area contributed by atoms with Crippen LogP contribution in [0.5, 0.6) is 0 Å². The second-order valence-electron chi connectivity index (χ2n) is 6.40. The molecule has 3 rings (SSSR count). The molecule has 1 aliphatic rings. The van der Waals surface area contributed by atoms with Gasteiger partial charge in [-0.1, -0.05) is 73.5 Å². The van der Waals surface area contributed by atoms with Crippen LogP contribution in [0.1, 0.15) is 36.8 Å². The summed E-state index contributed by atoms with van der Waals surface area (Å²) in [7, 11) is 0. The number of allylic oxidation sites excluding steroid dienone is 2. The first-order valence-electron chi connectivity index (χ1n) is 9.19. The van der Waals surface area contributed by atoms with Gasteiger partial charge >= 0.3 is 0 Å². The SMILES string of the molecule is CCCCSC1=C(C#N)C(c2ccccc2Cl)C(C#N)=C(c2ccccc2)N1. The number of thioether (sulfide) groups is 1. The van der Waals surface area contributed by atoms with E-state index in [9.17, 15) is 10.5 Å². The van der Waals surface area contributed by atoms with Crippen molar-refractivity contribution < 1.29 is 0 Å². The first-order chi connectivity index (χ1) is 13.7. The fourth-order valence-electron chi connectivity index (χ4n) is 3.19. The van der Waals surface area contributed by atoms with Crippen molar-refractivity contribution in [1.82, 2.24) is 5.32 Å². The molecule has 2 aromatic carbocycles. The van der Waals surface area contributed by atoms with Crippen molar-refractivity contribution in [3.05, 3.63) is 86.9 Å². The van der Waals surface area contributed by atoms with Crippen molar-refractivity contribution in [2.24, 2.45) is 0 Å². The van der Waals surface area contributed by atoms with E-state index in [1.807, 2.05) is 48.5 Å². The molecule has 28 heavy (non-hydrogen) atoms. The van der Waals surface area contributed by atoms with Crippen molar-refractivity contribution in [2.75, 3.05) is 5.75 Å². The van der Waals surface area contributed by atoms with E-state index in [0.717, 1.165) is 40.4 Å². The van der Waals surface area contributed by atoms with E-state index in [4.69, 9.17) is 11.6 Å². The summed E-state index contributed by atoms with van der Waals surface area (Å²) in [4.78, 5) is 0. The number of unbranched alkanes of at least 4 members (excludes halogenated alkanes) is 1. The van der Waals surface area contributed by atoms with E-state index in [0.29, 0.717) is 16.2 Å². The van der Waals surface area contributed by atoms with Crippen LogP contribution in [0.4, 0.5) is 0 Å². The van der Waals surface area contributed by atoms with Gasteiger partial charge in [-0.15, -0.1) is 11.8 Å². The zero-order valence-corrected chi connectivity index (χ0v) is 17.1. The van der Waals surface area contributed by atoms with E-state index in [2.05, 4.69) is 24.4 Å². The molecule has 1 N–H and O–H groups in total. The maximum atomic E-state index is 10.0. The van der Waals surface area contributed by atoms with Gasteiger partial charge in [-0.05, 0) is 29.4 Å². The molecular weight excluding hydrogens is 386 g/mol. The largest absolute Gasteiger partial charge is 0.348 e. The second kappa shape index (κ2) is 9.51. The van der Waals surface area contributed by atoms with Gasteiger partial charge in [0, 0.05) is 5.02 Å². The Morgan fingerprint density at radius 2 is 1.68 bits per heavy atom. The quantitative estimate of drug-likeness (QED) is 0.578. The summed E-state index contributed by atoms with van der Waals surface area (Å²) in [6.45, 7) is 2.14. The predicted octanol–water partition coefficient (Wildman–Crippen LogP) is 6.23. The Balaban J connectivity index is 2.20. The molecule has 3 nitrogen and oxygen atoms in total.